The van der Waals surface area contributed by atoms with Gasteiger partial charge in [-0.1, -0.05) is 129 Å². The van der Waals surface area contributed by atoms with E-state index in [-0.39, 0.29) is 42.8 Å². The molecular formula is C24H50NaO4P. The van der Waals surface area contributed by atoms with Gasteiger partial charge in [-0.25, -0.2) is 0 Å². The summed E-state index contributed by atoms with van der Waals surface area (Å²) < 4.78 is 21.4. The molecule has 0 spiro atoms. The second-order valence-electron chi connectivity index (χ2n) is 8.48. The summed E-state index contributed by atoms with van der Waals surface area (Å²) in [7, 11) is -4.08. The van der Waals surface area contributed by atoms with E-state index < -0.39 is 7.82 Å². The van der Waals surface area contributed by atoms with Crippen molar-refractivity contribution in [2.75, 3.05) is 13.2 Å². The molecule has 0 radical (unpaired) electrons. The van der Waals surface area contributed by atoms with Gasteiger partial charge in [0.15, 0.2) is 0 Å². The van der Waals surface area contributed by atoms with E-state index in [0.29, 0.717) is 0 Å². The Bertz CT molecular complexity index is 369. The summed E-state index contributed by atoms with van der Waals surface area (Å²) in [5, 5.41) is 0. The molecule has 0 fully saturated rings. The van der Waals surface area contributed by atoms with Gasteiger partial charge in [-0.15, -0.1) is 0 Å². The van der Waals surface area contributed by atoms with Crippen molar-refractivity contribution in [3.8, 4) is 0 Å². The molecule has 0 aromatic heterocycles. The van der Waals surface area contributed by atoms with Crippen LogP contribution >= 0.6 is 7.82 Å². The summed E-state index contributed by atoms with van der Waals surface area (Å²) in [5.74, 6) is 0. The van der Waals surface area contributed by atoms with Crippen molar-refractivity contribution in [3.05, 3.63) is 0 Å². The minimum Gasteiger partial charge on any atom is -0.756 e. The second-order valence-corrected chi connectivity index (χ2v) is 9.89. The van der Waals surface area contributed by atoms with Gasteiger partial charge in [0.05, 0.1) is 13.2 Å². The average Bonchev–Trinajstić information content (AvgIpc) is 2.70. The molecule has 0 saturated carbocycles. The third-order valence-electron chi connectivity index (χ3n) is 5.49. The van der Waals surface area contributed by atoms with Crippen molar-refractivity contribution >= 4 is 7.82 Å². The molecular weight excluding hydrogens is 406 g/mol. The average molecular weight is 457 g/mol. The van der Waals surface area contributed by atoms with E-state index >= 15 is 0 Å². The Balaban J connectivity index is 0. The zero-order valence-electron chi connectivity index (χ0n) is 20.6. The standard InChI is InChI=1S/C24H51O4P.Na/c1-3-5-7-9-10-11-12-13-14-15-16-17-18-19-20-22-24-28-29(25,26)27-23-21-8-6-4-2;/h3-24H2,1-2H3,(H,25,26);/q;+1/p-1. The molecule has 30 heavy (non-hydrogen) atoms. The van der Waals surface area contributed by atoms with Crippen LogP contribution in [-0.4, -0.2) is 13.2 Å². The Hall–Kier alpha value is 1.11. The molecule has 0 aliphatic heterocycles. The van der Waals surface area contributed by atoms with Crippen LogP contribution in [0.3, 0.4) is 0 Å². The molecule has 0 aliphatic rings. The smallest absolute Gasteiger partial charge is 0.756 e. The largest absolute Gasteiger partial charge is 1.00 e. The van der Waals surface area contributed by atoms with E-state index in [4.69, 9.17) is 9.05 Å². The van der Waals surface area contributed by atoms with Crippen molar-refractivity contribution in [1.29, 1.82) is 0 Å². The first-order valence-corrected chi connectivity index (χ1v) is 14.2. The van der Waals surface area contributed by atoms with E-state index in [9.17, 15) is 9.46 Å². The van der Waals surface area contributed by atoms with Crippen LogP contribution in [0.4, 0.5) is 0 Å². The summed E-state index contributed by atoms with van der Waals surface area (Å²) in [6.07, 6.45) is 25.0. The second kappa shape index (κ2) is 26.4. The summed E-state index contributed by atoms with van der Waals surface area (Å²) in [4.78, 5) is 11.6. The fourth-order valence-electron chi connectivity index (χ4n) is 3.57. The summed E-state index contributed by atoms with van der Waals surface area (Å²) in [6.45, 7) is 4.91. The van der Waals surface area contributed by atoms with E-state index in [2.05, 4.69) is 13.8 Å². The van der Waals surface area contributed by atoms with Crippen LogP contribution in [0, 0.1) is 0 Å². The maximum atomic E-state index is 11.6. The van der Waals surface area contributed by atoms with Crippen LogP contribution in [-0.2, 0) is 13.6 Å². The molecule has 0 bridgehead atoms. The molecule has 0 N–H and O–H groups in total. The molecule has 6 heteroatoms. The minimum atomic E-state index is -4.08. The molecule has 0 aromatic rings. The summed E-state index contributed by atoms with van der Waals surface area (Å²) >= 11 is 0. The van der Waals surface area contributed by atoms with Crippen LogP contribution in [0.2, 0.25) is 0 Å². The van der Waals surface area contributed by atoms with E-state index in [1.165, 1.54) is 89.9 Å². The molecule has 0 amide bonds. The van der Waals surface area contributed by atoms with E-state index in [1.807, 2.05) is 0 Å². The molecule has 0 rings (SSSR count). The van der Waals surface area contributed by atoms with Crippen LogP contribution in [0.1, 0.15) is 142 Å². The first-order chi connectivity index (χ1) is 14.1. The Kier molecular flexibility index (Phi) is 29.2. The Labute approximate surface area is 210 Å². The van der Waals surface area contributed by atoms with Gasteiger partial charge in [-0.2, -0.15) is 0 Å². The number of unbranched alkanes of at least 4 members (excludes halogenated alkanes) is 18. The first-order valence-electron chi connectivity index (χ1n) is 12.7. The predicted octanol–water partition coefficient (Wildman–Crippen LogP) is 5.33. The number of hydrogen-bond donors (Lipinski definition) is 0. The van der Waals surface area contributed by atoms with Gasteiger partial charge in [0.1, 0.15) is 0 Å². The van der Waals surface area contributed by atoms with Crippen LogP contribution in [0.25, 0.3) is 0 Å². The molecule has 176 valence electrons. The van der Waals surface area contributed by atoms with Gasteiger partial charge in [0.25, 0.3) is 7.82 Å². The maximum Gasteiger partial charge on any atom is 1.00 e. The Morgan fingerprint density at radius 2 is 0.733 bits per heavy atom. The maximum absolute atomic E-state index is 11.6. The van der Waals surface area contributed by atoms with Gasteiger partial charge in [-0.3, -0.25) is 4.57 Å². The fraction of sp³-hybridized carbons (Fsp3) is 1.00. The molecule has 0 aromatic carbocycles. The first kappa shape index (κ1) is 33.3. The van der Waals surface area contributed by atoms with Crippen molar-refractivity contribution in [3.63, 3.8) is 0 Å². The molecule has 1 unspecified atom stereocenters. The van der Waals surface area contributed by atoms with Crippen LogP contribution in [0.5, 0.6) is 0 Å². The van der Waals surface area contributed by atoms with E-state index in [1.54, 1.807) is 0 Å². The van der Waals surface area contributed by atoms with Crippen molar-refractivity contribution in [2.45, 2.75) is 142 Å². The minimum absolute atomic E-state index is 0. The molecule has 0 aliphatic carbocycles. The SMILES string of the molecule is CCCCCCCCCCCCCCCCCCOP(=O)([O-])OCCCCCC.[Na+]. The van der Waals surface area contributed by atoms with Gasteiger partial charge in [-0.05, 0) is 12.8 Å². The quantitative estimate of drug-likeness (QED) is 0.112. The zero-order valence-corrected chi connectivity index (χ0v) is 23.5. The number of phosphoric acid groups is 1. The van der Waals surface area contributed by atoms with Gasteiger partial charge in [0.2, 0.25) is 0 Å². The summed E-state index contributed by atoms with van der Waals surface area (Å²) in [6, 6.07) is 0. The van der Waals surface area contributed by atoms with Crippen molar-refractivity contribution < 1.29 is 48.1 Å². The molecule has 0 heterocycles. The molecule has 4 nitrogen and oxygen atoms in total. The normalized spacial score (nSPS) is 13.2. The van der Waals surface area contributed by atoms with Crippen LogP contribution in [0.15, 0.2) is 0 Å². The topological polar surface area (TPSA) is 58.6 Å². The number of hydrogen-bond acceptors (Lipinski definition) is 4. The van der Waals surface area contributed by atoms with Crippen molar-refractivity contribution in [1.82, 2.24) is 0 Å². The fourth-order valence-corrected chi connectivity index (χ4v) is 4.35. The third kappa shape index (κ3) is 27.1. The number of rotatable bonds is 24. The summed E-state index contributed by atoms with van der Waals surface area (Å²) in [5.41, 5.74) is 0. The van der Waals surface area contributed by atoms with Gasteiger partial charge < -0.3 is 13.9 Å². The number of phosphoric ester groups is 1. The van der Waals surface area contributed by atoms with Crippen LogP contribution < -0.4 is 34.5 Å². The Morgan fingerprint density at radius 3 is 1.03 bits per heavy atom. The predicted molar refractivity (Wildman–Crippen MR) is 123 cm³/mol. The van der Waals surface area contributed by atoms with Gasteiger partial charge >= 0.3 is 29.6 Å². The van der Waals surface area contributed by atoms with Crippen molar-refractivity contribution in [2.24, 2.45) is 0 Å². The van der Waals surface area contributed by atoms with E-state index in [0.717, 1.165) is 38.5 Å². The van der Waals surface area contributed by atoms with Gasteiger partial charge in [0, 0.05) is 0 Å². The Morgan fingerprint density at radius 1 is 0.500 bits per heavy atom. The molecule has 0 saturated heterocycles. The molecule has 1 atom stereocenters. The third-order valence-corrected chi connectivity index (χ3v) is 6.49. The zero-order chi connectivity index (χ0) is 21.5. The monoisotopic (exact) mass is 456 g/mol.